The van der Waals surface area contributed by atoms with Crippen LogP contribution in [0.1, 0.15) is 26.5 Å². The van der Waals surface area contributed by atoms with Gasteiger partial charge in [-0.2, -0.15) is 0 Å². The number of aromatic nitrogens is 1. The molecule has 0 bridgehead atoms. The predicted octanol–water partition coefficient (Wildman–Crippen LogP) is 4.76. The number of carbonyl (C=O) groups excluding carboxylic acids is 2. The van der Waals surface area contributed by atoms with Gasteiger partial charge >= 0.3 is 0 Å². The number of furan rings is 1. The van der Waals surface area contributed by atoms with Crippen molar-refractivity contribution < 1.29 is 18.7 Å². The molecule has 2 N–H and O–H groups in total. The lowest BCUT2D eigenvalue weighted by molar-refractivity contribution is 0.0993. The van der Waals surface area contributed by atoms with Crippen LogP contribution in [0, 0.1) is 0 Å². The van der Waals surface area contributed by atoms with Gasteiger partial charge in [-0.15, -0.1) is 0 Å². The number of ether oxygens (including phenoxy) is 1. The summed E-state index contributed by atoms with van der Waals surface area (Å²) in [5.41, 5.74) is 2.44. The second-order valence-electron chi connectivity index (χ2n) is 6.64. The maximum atomic E-state index is 12.7. The zero-order valence-electron chi connectivity index (χ0n) is 16.4. The van der Waals surface area contributed by atoms with Crippen LogP contribution in [-0.2, 0) is 6.61 Å². The van der Waals surface area contributed by atoms with E-state index >= 15 is 0 Å². The molecule has 154 valence electrons. The predicted molar refractivity (Wildman–Crippen MR) is 116 cm³/mol. The maximum Gasteiger partial charge on any atom is 0.291 e. The van der Waals surface area contributed by atoms with E-state index in [1.807, 2.05) is 18.2 Å². The summed E-state index contributed by atoms with van der Waals surface area (Å²) in [7, 11) is 0. The lowest BCUT2D eigenvalue weighted by Gasteiger charge is -2.10. The third-order valence-electron chi connectivity index (χ3n) is 4.35. The Hall–Kier alpha value is -4.39. The van der Waals surface area contributed by atoms with Crippen molar-refractivity contribution >= 4 is 23.2 Å². The number of carbonyl (C=O) groups is 2. The number of hydrogen-bond acceptors (Lipinski definition) is 5. The van der Waals surface area contributed by atoms with Gasteiger partial charge in [-0.25, -0.2) is 0 Å². The summed E-state index contributed by atoms with van der Waals surface area (Å²) in [5.74, 6) is 0.124. The van der Waals surface area contributed by atoms with Gasteiger partial charge in [-0.3, -0.25) is 14.6 Å². The Balaban J connectivity index is 1.39. The highest BCUT2D eigenvalue weighted by atomic mass is 16.5. The molecule has 0 spiro atoms. The van der Waals surface area contributed by atoms with Crippen LogP contribution in [0.5, 0.6) is 5.75 Å². The van der Waals surface area contributed by atoms with Crippen LogP contribution >= 0.6 is 0 Å². The Morgan fingerprint density at radius 1 is 0.871 bits per heavy atom. The first-order valence-corrected chi connectivity index (χ1v) is 9.55. The molecule has 2 aromatic heterocycles. The van der Waals surface area contributed by atoms with Crippen molar-refractivity contribution in [3.8, 4) is 5.75 Å². The standard InChI is InChI=1S/C24H19N3O4/c28-23(18-6-1-7-19(13-18)27-24(29)22-10-4-12-30-22)26-20-8-2-9-21(14-20)31-16-17-5-3-11-25-15-17/h1-15H,16H2,(H,26,28)(H,27,29). The number of anilines is 2. The Labute approximate surface area is 178 Å². The third-order valence-corrected chi connectivity index (χ3v) is 4.35. The summed E-state index contributed by atoms with van der Waals surface area (Å²) >= 11 is 0. The molecule has 0 aliphatic heterocycles. The van der Waals surface area contributed by atoms with Crippen LogP contribution in [0.25, 0.3) is 0 Å². The summed E-state index contributed by atoms with van der Waals surface area (Å²) in [6.45, 7) is 0.378. The van der Waals surface area contributed by atoms with Gasteiger partial charge in [0.2, 0.25) is 0 Å². The van der Waals surface area contributed by atoms with Crippen molar-refractivity contribution in [2.45, 2.75) is 6.61 Å². The van der Waals surface area contributed by atoms with Crippen LogP contribution in [0.2, 0.25) is 0 Å². The number of nitrogens with one attached hydrogen (secondary N) is 2. The van der Waals surface area contributed by atoms with E-state index in [9.17, 15) is 9.59 Å². The normalized spacial score (nSPS) is 10.3. The molecule has 0 unspecified atom stereocenters. The minimum Gasteiger partial charge on any atom is -0.489 e. The van der Waals surface area contributed by atoms with Crippen molar-refractivity contribution in [3.05, 3.63) is 108 Å². The van der Waals surface area contributed by atoms with Crippen LogP contribution in [-0.4, -0.2) is 16.8 Å². The van der Waals surface area contributed by atoms with Gasteiger partial charge in [-0.1, -0.05) is 18.2 Å². The molecular weight excluding hydrogens is 394 g/mol. The van der Waals surface area contributed by atoms with Gasteiger partial charge in [-0.05, 0) is 48.5 Å². The third kappa shape index (κ3) is 5.36. The molecule has 7 nitrogen and oxygen atoms in total. The first kappa shape index (κ1) is 19.9. The highest BCUT2D eigenvalue weighted by molar-refractivity contribution is 6.06. The topological polar surface area (TPSA) is 93.5 Å². The Kier molecular flexibility index (Phi) is 6.04. The average Bonchev–Trinajstić information content (AvgIpc) is 3.34. The van der Waals surface area contributed by atoms with Crippen molar-refractivity contribution in [1.82, 2.24) is 4.98 Å². The van der Waals surface area contributed by atoms with Crippen molar-refractivity contribution in [2.75, 3.05) is 10.6 Å². The smallest absolute Gasteiger partial charge is 0.291 e. The van der Waals surface area contributed by atoms with Crippen molar-refractivity contribution in [3.63, 3.8) is 0 Å². The molecule has 4 aromatic rings. The van der Waals surface area contributed by atoms with E-state index in [1.165, 1.54) is 6.26 Å². The molecule has 0 fully saturated rings. The Morgan fingerprint density at radius 2 is 1.68 bits per heavy atom. The molecule has 4 rings (SSSR count). The SMILES string of the molecule is O=C(Nc1cccc(OCc2cccnc2)c1)c1cccc(NC(=O)c2ccco2)c1. The molecule has 0 atom stereocenters. The van der Waals surface area contributed by atoms with Crippen LogP contribution in [0.15, 0.2) is 95.9 Å². The molecule has 0 aliphatic rings. The molecule has 7 heteroatoms. The molecular formula is C24H19N3O4. The maximum absolute atomic E-state index is 12.7. The molecule has 0 radical (unpaired) electrons. The van der Waals surface area contributed by atoms with Gasteiger partial charge < -0.3 is 19.8 Å². The van der Waals surface area contributed by atoms with Gasteiger partial charge in [0.05, 0.1) is 6.26 Å². The fourth-order valence-electron chi connectivity index (χ4n) is 2.86. The number of pyridine rings is 1. The Morgan fingerprint density at radius 3 is 2.45 bits per heavy atom. The molecule has 2 aromatic carbocycles. The van der Waals surface area contributed by atoms with E-state index in [-0.39, 0.29) is 17.6 Å². The molecule has 31 heavy (non-hydrogen) atoms. The van der Waals surface area contributed by atoms with Crippen LogP contribution in [0.4, 0.5) is 11.4 Å². The monoisotopic (exact) mass is 413 g/mol. The van der Waals surface area contributed by atoms with E-state index in [4.69, 9.17) is 9.15 Å². The van der Waals surface area contributed by atoms with E-state index in [0.717, 1.165) is 5.56 Å². The molecule has 0 aliphatic carbocycles. The van der Waals surface area contributed by atoms with Crippen molar-refractivity contribution in [2.24, 2.45) is 0 Å². The first-order valence-electron chi connectivity index (χ1n) is 9.55. The Bertz CT molecular complexity index is 1170. The zero-order chi connectivity index (χ0) is 21.5. The largest absolute Gasteiger partial charge is 0.489 e. The minimum absolute atomic E-state index is 0.193. The molecule has 2 heterocycles. The number of benzene rings is 2. The van der Waals surface area contributed by atoms with E-state index in [0.29, 0.717) is 29.3 Å². The zero-order valence-corrected chi connectivity index (χ0v) is 16.4. The number of hydrogen-bond donors (Lipinski definition) is 2. The molecule has 2 amide bonds. The summed E-state index contributed by atoms with van der Waals surface area (Å²) in [5, 5.41) is 5.55. The number of amides is 2. The second-order valence-corrected chi connectivity index (χ2v) is 6.64. The first-order chi connectivity index (χ1) is 15.2. The number of nitrogens with zero attached hydrogens (tertiary/aromatic N) is 1. The lowest BCUT2D eigenvalue weighted by atomic mass is 10.1. The minimum atomic E-state index is -0.388. The van der Waals surface area contributed by atoms with Gasteiger partial charge in [0, 0.05) is 41.0 Å². The van der Waals surface area contributed by atoms with Gasteiger partial charge in [0.25, 0.3) is 11.8 Å². The van der Waals surface area contributed by atoms with E-state index in [1.54, 1.807) is 67.0 Å². The van der Waals surface area contributed by atoms with E-state index < -0.39 is 0 Å². The summed E-state index contributed by atoms with van der Waals surface area (Å²) in [4.78, 5) is 28.9. The fraction of sp³-hybridized carbons (Fsp3) is 0.0417. The second kappa shape index (κ2) is 9.41. The van der Waals surface area contributed by atoms with Crippen LogP contribution < -0.4 is 15.4 Å². The summed E-state index contributed by atoms with van der Waals surface area (Å²) in [6, 6.07) is 20.8. The highest BCUT2D eigenvalue weighted by Gasteiger charge is 2.11. The fourth-order valence-corrected chi connectivity index (χ4v) is 2.86. The van der Waals surface area contributed by atoms with Crippen LogP contribution in [0.3, 0.4) is 0 Å². The highest BCUT2D eigenvalue weighted by Crippen LogP contribution is 2.20. The summed E-state index contributed by atoms with van der Waals surface area (Å²) < 4.78 is 10.8. The van der Waals surface area contributed by atoms with Gasteiger partial charge in [0.15, 0.2) is 5.76 Å². The summed E-state index contributed by atoms with van der Waals surface area (Å²) in [6.07, 6.45) is 4.87. The molecule has 0 saturated heterocycles. The number of rotatable bonds is 7. The lowest BCUT2D eigenvalue weighted by Crippen LogP contribution is -2.14. The van der Waals surface area contributed by atoms with Crippen molar-refractivity contribution in [1.29, 1.82) is 0 Å². The quantitative estimate of drug-likeness (QED) is 0.456. The van der Waals surface area contributed by atoms with Gasteiger partial charge in [0.1, 0.15) is 12.4 Å². The molecule has 0 saturated carbocycles. The average molecular weight is 413 g/mol. The van der Waals surface area contributed by atoms with E-state index in [2.05, 4.69) is 15.6 Å².